The van der Waals surface area contributed by atoms with Crippen LogP contribution in [0.5, 0.6) is 0 Å². The van der Waals surface area contributed by atoms with Crippen LogP contribution in [0.3, 0.4) is 0 Å². The standard InChI is InChI=1S/C7H6ClN3/c1-4-2-9-5-3-10-7(8)11-6(4)5/h2-3H,1H3,(H,10,11). The molecule has 0 saturated carbocycles. The highest BCUT2D eigenvalue weighted by Gasteiger charge is 2.08. The van der Waals surface area contributed by atoms with Crippen LogP contribution in [0.2, 0.25) is 5.28 Å². The van der Waals surface area contributed by atoms with E-state index in [4.69, 9.17) is 11.6 Å². The quantitative estimate of drug-likeness (QED) is 0.609. The van der Waals surface area contributed by atoms with E-state index in [-0.39, 0.29) is 0 Å². The Morgan fingerprint density at radius 1 is 1.36 bits per heavy atom. The Morgan fingerprint density at radius 2 is 2.18 bits per heavy atom. The van der Waals surface area contributed by atoms with Gasteiger partial charge in [-0.2, -0.15) is 0 Å². The molecule has 2 aliphatic heterocycles. The number of hydrogen-bond acceptors (Lipinski definition) is 2. The first kappa shape index (κ1) is 6.61. The predicted molar refractivity (Wildman–Crippen MR) is 42.8 cm³/mol. The summed E-state index contributed by atoms with van der Waals surface area (Å²) in [4.78, 5) is 10.9. The van der Waals surface area contributed by atoms with E-state index in [1.165, 1.54) is 0 Å². The molecule has 11 heavy (non-hydrogen) atoms. The number of halogens is 1. The summed E-state index contributed by atoms with van der Waals surface area (Å²) in [6, 6.07) is 0. The molecule has 0 aromatic heterocycles. The van der Waals surface area contributed by atoms with Crippen molar-refractivity contribution in [1.29, 1.82) is 0 Å². The summed E-state index contributed by atoms with van der Waals surface area (Å²) in [6.45, 7) is 1.97. The number of aromatic amines is 1. The fraction of sp³-hybridized carbons (Fsp3) is 0.143. The molecule has 1 N–H and O–H groups in total. The summed E-state index contributed by atoms with van der Waals surface area (Å²) in [6.07, 6.45) is 3.44. The van der Waals surface area contributed by atoms with Gasteiger partial charge in [0.05, 0.1) is 11.9 Å². The van der Waals surface area contributed by atoms with Crippen LogP contribution in [0.25, 0.3) is 11.4 Å². The summed E-state index contributed by atoms with van der Waals surface area (Å²) < 4.78 is 0. The largest absolute Gasteiger partial charge is 0.328 e. The first-order valence-electron chi connectivity index (χ1n) is 3.23. The van der Waals surface area contributed by atoms with Gasteiger partial charge < -0.3 is 4.98 Å². The maximum atomic E-state index is 5.65. The Hall–Kier alpha value is -1.09. The Bertz CT molecular complexity index is 355. The summed E-state index contributed by atoms with van der Waals surface area (Å²) in [5.41, 5.74) is 2.90. The lowest BCUT2D eigenvalue weighted by molar-refractivity contribution is 1.15. The van der Waals surface area contributed by atoms with Gasteiger partial charge in [-0.1, -0.05) is 0 Å². The predicted octanol–water partition coefficient (Wildman–Crippen LogP) is 1.87. The molecule has 0 aliphatic carbocycles. The first-order valence-corrected chi connectivity index (χ1v) is 3.61. The van der Waals surface area contributed by atoms with Crippen molar-refractivity contribution >= 4 is 11.6 Å². The molecule has 0 fully saturated rings. The fourth-order valence-electron chi connectivity index (χ4n) is 1.01. The van der Waals surface area contributed by atoms with E-state index in [0.29, 0.717) is 5.28 Å². The maximum absolute atomic E-state index is 5.65. The van der Waals surface area contributed by atoms with Crippen molar-refractivity contribution in [1.82, 2.24) is 15.0 Å². The molecule has 3 nitrogen and oxygen atoms in total. The van der Waals surface area contributed by atoms with Gasteiger partial charge in [-0.25, -0.2) is 4.98 Å². The van der Waals surface area contributed by atoms with E-state index >= 15 is 0 Å². The Kier molecular flexibility index (Phi) is 1.32. The van der Waals surface area contributed by atoms with Crippen molar-refractivity contribution in [2.24, 2.45) is 0 Å². The van der Waals surface area contributed by atoms with Crippen LogP contribution in [0, 0.1) is 6.92 Å². The highest BCUT2D eigenvalue weighted by Crippen LogP contribution is 2.21. The van der Waals surface area contributed by atoms with Gasteiger partial charge in [0.25, 0.3) is 0 Å². The van der Waals surface area contributed by atoms with Crippen molar-refractivity contribution in [2.75, 3.05) is 0 Å². The lowest BCUT2D eigenvalue weighted by atomic mass is 10.2. The van der Waals surface area contributed by atoms with Crippen LogP contribution < -0.4 is 0 Å². The van der Waals surface area contributed by atoms with Gasteiger partial charge >= 0.3 is 0 Å². The van der Waals surface area contributed by atoms with Crippen molar-refractivity contribution in [3.05, 3.63) is 23.2 Å². The first-order chi connectivity index (χ1) is 5.27. The Labute approximate surface area is 68.8 Å². The second-order valence-electron chi connectivity index (χ2n) is 2.38. The van der Waals surface area contributed by atoms with Crippen LogP contribution in [0.15, 0.2) is 12.4 Å². The topological polar surface area (TPSA) is 41.6 Å². The Balaban J connectivity index is 2.76. The molecule has 0 atom stereocenters. The number of H-pyrrole nitrogens is 1. The highest BCUT2D eigenvalue weighted by molar-refractivity contribution is 6.28. The number of aromatic nitrogens is 3. The summed E-state index contributed by atoms with van der Waals surface area (Å²) in [5.74, 6) is 0. The lowest BCUT2D eigenvalue weighted by Gasteiger charge is -1.98. The zero-order valence-corrected chi connectivity index (χ0v) is 6.68. The lowest BCUT2D eigenvalue weighted by Crippen LogP contribution is -1.87. The highest BCUT2D eigenvalue weighted by atomic mass is 35.5. The van der Waals surface area contributed by atoms with Crippen LogP contribution in [0.4, 0.5) is 0 Å². The summed E-state index contributed by atoms with van der Waals surface area (Å²) in [7, 11) is 0. The molecule has 2 heterocycles. The molecule has 2 aliphatic rings. The second-order valence-corrected chi connectivity index (χ2v) is 2.73. The molecule has 56 valence electrons. The number of rotatable bonds is 0. The van der Waals surface area contributed by atoms with Gasteiger partial charge in [0.2, 0.25) is 0 Å². The minimum Gasteiger partial charge on any atom is -0.328 e. The van der Waals surface area contributed by atoms with Gasteiger partial charge in [0.1, 0.15) is 5.69 Å². The van der Waals surface area contributed by atoms with Crippen molar-refractivity contribution < 1.29 is 0 Å². The average Bonchev–Trinajstić information content (AvgIpc) is 2.33. The van der Waals surface area contributed by atoms with E-state index < -0.39 is 0 Å². The van der Waals surface area contributed by atoms with Gasteiger partial charge in [0, 0.05) is 6.20 Å². The average molecular weight is 168 g/mol. The van der Waals surface area contributed by atoms with Crippen LogP contribution in [0.1, 0.15) is 5.56 Å². The Morgan fingerprint density at radius 3 is 3.00 bits per heavy atom. The minimum absolute atomic E-state index is 0.397. The molecule has 0 aromatic rings. The van der Waals surface area contributed by atoms with Crippen LogP contribution in [-0.4, -0.2) is 15.0 Å². The normalized spacial score (nSPS) is 10.7. The number of nitrogens with one attached hydrogen (secondary N) is 1. The van der Waals surface area contributed by atoms with Gasteiger partial charge in [-0.15, -0.1) is 0 Å². The van der Waals surface area contributed by atoms with Crippen molar-refractivity contribution in [2.45, 2.75) is 6.92 Å². The summed E-state index contributed by atoms with van der Waals surface area (Å²) >= 11 is 5.65. The van der Waals surface area contributed by atoms with E-state index in [1.54, 1.807) is 12.4 Å². The van der Waals surface area contributed by atoms with Gasteiger partial charge in [-0.3, -0.25) is 4.98 Å². The monoisotopic (exact) mass is 167 g/mol. The molecule has 2 rings (SSSR count). The summed E-state index contributed by atoms with van der Waals surface area (Å²) in [5, 5.41) is 0.397. The smallest absolute Gasteiger partial charge is 0.200 e. The van der Waals surface area contributed by atoms with Crippen LogP contribution in [-0.2, 0) is 0 Å². The molecule has 4 heteroatoms. The van der Waals surface area contributed by atoms with Gasteiger partial charge in [0.15, 0.2) is 5.28 Å². The fourth-order valence-corrected chi connectivity index (χ4v) is 1.15. The third-order valence-electron chi connectivity index (χ3n) is 1.58. The zero-order valence-electron chi connectivity index (χ0n) is 5.93. The van der Waals surface area contributed by atoms with Crippen LogP contribution >= 0.6 is 11.6 Å². The molecule has 0 saturated heterocycles. The van der Waals surface area contributed by atoms with Crippen molar-refractivity contribution in [3.8, 4) is 11.4 Å². The molecule has 0 unspecified atom stereocenters. The van der Waals surface area contributed by atoms with E-state index in [9.17, 15) is 0 Å². The number of hydrogen-bond donors (Lipinski definition) is 1. The molecule has 0 bridgehead atoms. The minimum atomic E-state index is 0.397. The molecule has 0 radical (unpaired) electrons. The zero-order chi connectivity index (χ0) is 7.84. The van der Waals surface area contributed by atoms with E-state index in [0.717, 1.165) is 17.0 Å². The molecule has 0 amide bonds. The SMILES string of the molecule is Cc1cnc2cnc(Cl)[nH]c1-2. The molecule has 0 spiro atoms. The van der Waals surface area contributed by atoms with E-state index in [2.05, 4.69) is 15.0 Å². The number of fused-ring (bicyclic) bond motifs is 1. The molecule has 0 aromatic carbocycles. The third-order valence-corrected chi connectivity index (χ3v) is 1.77. The van der Waals surface area contributed by atoms with Crippen molar-refractivity contribution in [3.63, 3.8) is 0 Å². The second kappa shape index (κ2) is 2.20. The third kappa shape index (κ3) is 0.973. The maximum Gasteiger partial charge on any atom is 0.200 e. The molecular formula is C7H6ClN3. The number of nitrogens with zero attached hydrogens (tertiary/aromatic N) is 2. The van der Waals surface area contributed by atoms with Gasteiger partial charge in [-0.05, 0) is 24.1 Å². The van der Waals surface area contributed by atoms with E-state index in [1.807, 2.05) is 6.92 Å². The number of aryl methyl sites for hydroxylation is 1. The molecular weight excluding hydrogens is 162 g/mol.